The summed E-state index contributed by atoms with van der Waals surface area (Å²) in [6.07, 6.45) is 3.48. The van der Waals surface area contributed by atoms with Gasteiger partial charge in [-0.2, -0.15) is 0 Å². The molecule has 3 aromatic rings. The zero-order valence-corrected chi connectivity index (χ0v) is 14.6. The van der Waals surface area contributed by atoms with Gasteiger partial charge in [-0.1, -0.05) is 30.3 Å². The summed E-state index contributed by atoms with van der Waals surface area (Å²) in [5, 5.41) is 2.99. The largest absolute Gasteiger partial charge is 0.345 e. The Labute approximate surface area is 157 Å². The molecule has 5 heteroatoms. The van der Waals surface area contributed by atoms with Crippen LogP contribution in [0.2, 0.25) is 0 Å². The number of carbonyl (C=O) groups excluding carboxylic acids is 2. The third-order valence-corrected chi connectivity index (χ3v) is 4.22. The minimum atomic E-state index is -0.396. The first kappa shape index (κ1) is 18.5. The fourth-order valence-electron chi connectivity index (χ4n) is 2.80. The molecule has 0 saturated heterocycles. The van der Waals surface area contributed by atoms with Crippen molar-refractivity contribution in [2.75, 3.05) is 0 Å². The van der Waals surface area contributed by atoms with E-state index in [1.165, 1.54) is 24.3 Å². The highest BCUT2D eigenvalue weighted by Gasteiger charge is 2.17. The van der Waals surface area contributed by atoms with Crippen LogP contribution < -0.4 is 5.32 Å². The van der Waals surface area contributed by atoms with Gasteiger partial charge in [0.25, 0.3) is 0 Å². The minimum Gasteiger partial charge on any atom is -0.345 e. The van der Waals surface area contributed by atoms with Crippen LogP contribution in [0.4, 0.5) is 4.39 Å². The average Bonchev–Trinajstić information content (AvgIpc) is 2.72. The molecule has 136 valence electrons. The molecule has 1 atom stereocenters. The van der Waals surface area contributed by atoms with E-state index in [2.05, 4.69) is 10.3 Å². The van der Waals surface area contributed by atoms with Crippen LogP contribution in [0.1, 0.15) is 40.4 Å². The van der Waals surface area contributed by atoms with Crippen LogP contribution in [0, 0.1) is 5.82 Å². The van der Waals surface area contributed by atoms with Crippen molar-refractivity contribution in [1.29, 1.82) is 0 Å². The first-order valence-electron chi connectivity index (χ1n) is 8.66. The molecular formula is C22H19FN2O2. The molecule has 27 heavy (non-hydrogen) atoms. The van der Waals surface area contributed by atoms with Gasteiger partial charge in [0.05, 0.1) is 6.04 Å². The number of halogens is 1. The fraction of sp³-hybridized carbons (Fsp3) is 0.136. The first-order valence-corrected chi connectivity index (χ1v) is 8.66. The van der Waals surface area contributed by atoms with Gasteiger partial charge in [0.1, 0.15) is 5.82 Å². The molecule has 1 heterocycles. The van der Waals surface area contributed by atoms with Crippen LogP contribution in [0.15, 0.2) is 79.1 Å². The number of carbonyl (C=O) groups is 2. The lowest BCUT2D eigenvalue weighted by Crippen LogP contribution is -2.29. The van der Waals surface area contributed by atoms with Crippen molar-refractivity contribution < 1.29 is 14.0 Å². The summed E-state index contributed by atoms with van der Waals surface area (Å²) >= 11 is 0. The molecule has 0 aliphatic carbocycles. The number of pyridine rings is 1. The molecular weight excluding hydrogens is 343 g/mol. The number of hydrogen-bond acceptors (Lipinski definition) is 3. The number of Topliss-reactive ketones (excluding diaryl/α,β-unsaturated/α-hetero) is 1. The van der Waals surface area contributed by atoms with E-state index in [0.717, 1.165) is 11.1 Å². The molecule has 1 N–H and O–H groups in total. The van der Waals surface area contributed by atoms with Gasteiger partial charge in [-0.3, -0.25) is 14.6 Å². The number of benzene rings is 2. The number of rotatable bonds is 7. The molecule has 0 saturated carbocycles. The Morgan fingerprint density at radius 1 is 0.852 bits per heavy atom. The van der Waals surface area contributed by atoms with Crippen LogP contribution in [-0.4, -0.2) is 16.7 Å². The zero-order chi connectivity index (χ0) is 19.1. The van der Waals surface area contributed by atoms with Crippen LogP contribution in [0.3, 0.4) is 0 Å². The van der Waals surface area contributed by atoms with E-state index in [1.807, 2.05) is 42.5 Å². The van der Waals surface area contributed by atoms with Gasteiger partial charge in [-0.05, 0) is 47.5 Å². The third kappa shape index (κ3) is 5.07. The molecule has 0 spiro atoms. The Balaban J connectivity index is 1.66. The van der Waals surface area contributed by atoms with E-state index in [1.54, 1.807) is 12.4 Å². The van der Waals surface area contributed by atoms with E-state index in [4.69, 9.17) is 0 Å². The summed E-state index contributed by atoms with van der Waals surface area (Å²) in [5.74, 6) is -0.811. The third-order valence-electron chi connectivity index (χ3n) is 4.22. The van der Waals surface area contributed by atoms with Gasteiger partial charge in [0.2, 0.25) is 5.91 Å². The summed E-state index contributed by atoms with van der Waals surface area (Å²) in [7, 11) is 0. The number of nitrogens with one attached hydrogen (secondary N) is 1. The maximum absolute atomic E-state index is 13.0. The van der Waals surface area contributed by atoms with Gasteiger partial charge in [-0.15, -0.1) is 0 Å². The molecule has 0 bridgehead atoms. The lowest BCUT2D eigenvalue weighted by molar-refractivity contribution is -0.121. The summed E-state index contributed by atoms with van der Waals surface area (Å²) < 4.78 is 13.0. The second-order valence-electron chi connectivity index (χ2n) is 6.12. The molecule has 0 aliphatic heterocycles. The summed E-state index contributed by atoms with van der Waals surface area (Å²) in [6.45, 7) is 0. The number of amides is 1. The van der Waals surface area contributed by atoms with Gasteiger partial charge >= 0.3 is 0 Å². The van der Waals surface area contributed by atoms with Crippen molar-refractivity contribution in [3.05, 3.63) is 102 Å². The normalized spacial score (nSPS) is 11.6. The highest BCUT2D eigenvalue weighted by atomic mass is 19.1. The van der Waals surface area contributed by atoms with Gasteiger partial charge in [-0.25, -0.2) is 4.39 Å². The van der Waals surface area contributed by atoms with E-state index < -0.39 is 5.82 Å². The highest BCUT2D eigenvalue weighted by molar-refractivity contribution is 5.97. The standard InChI is InChI=1S/C22H19FN2O2/c23-19-8-6-16(7-9-19)20(26)10-11-21(27)25-22(17-4-2-1-3-5-17)18-12-14-24-15-13-18/h1-9,12-15,22H,10-11H2,(H,25,27). The quantitative estimate of drug-likeness (QED) is 0.644. The Morgan fingerprint density at radius 3 is 2.15 bits per heavy atom. The molecule has 1 aromatic heterocycles. The Kier molecular flexibility index (Phi) is 6.05. The highest BCUT2D eigenvalue weighted by Crippen LogP contribution is 2.21. The monoisotopic (exact) mass is 362 g/mol. The smallest absolute Gasteiger partial charge is 0.221 e. The maximum Gasteiger partial charge on any atom is 0.221 e. The van der Waals surface area contributed by atoms with Gasteiger partial charge in [0, 0.05) is 30.8 Å². The fourth-order valence-corrected chi connectivity index (χ4v) is 2.80. The lowest BCUT2D eigenvalue weighted by atomic mass is 9.99. The number of hydrogen-bond donors (Lipinski definition) is 1. The molecule has 2 aromatic carbocycles. The van der Waals surface area contributed by atoms with Crippen LogP contribution in [-0.2, 0) is 4.79 Å². The van der Waals surface area contributed by atoms with Crippen molar-refractivity contribution in [2.24, 2.45) is 0 Å². The Morgan fingerprint density at radius 2 is 1.48 bits per heavy atom. The molecule has 0 radical (unpaired) electrons. The van der Waals surface area contributed by atoms with Gasteiger partial charge < -0.3 is 5.32 Å². The molecule has 0 fully saturated rings. The van der Waals surface area contributed by atoms with Crippen LogP contribution in [0.5, 0.6) is 0 Å². The molecule has 1 amide bonds. The Hall–Kier alpha value is -3.34. The molecule has 1 unspecified atom stereocenters. The second-order valence-corrected chi connectivity index (χ2v) is 6.12. The first-order chi connectivity index (χ1) is 13.1. The predicted molar refractivity (Wildman–Crippen MR) is 101 cm³/mol. The van der Waals surface area contributed by atoms with Crippen molar-refractivity contribution in [3.63, 3.8) is 0 Å². The molecule has 4 nitrogen and oxygen atoms in total. The molecule has 3 rings (SSSR count). The summed E-state index contributed by atoms with van der Waals surface area (Å²) in [4.78, 5) is 28.6. The molecule has 0 aliphatic rings. The van der Waals surface area contributed by atoms with Crippen LogP contribution >= 0.6 is 0 Å². The van der Waals surface area contributed by atoms with E-state index in [-0.39, 0.29) is 30.6 Å². The topological polar surface area (TPSA) is 59.1 Å². The maximum atomic E-state index is 13.0. The number of ketones is 1. The van der Waals surface area contributed by atoms with Crippen molar-refractivity contribution >= 4 is 11.7 Å². The van der Waals surface area contributed by atoms with E-state index in [0.29, 0.717) is 5.56 Å². The predicted octanol–water partition coefficient (Wildman–Crippen LogP) is 4.09. The summed E-state index contributed by atoms with van der Waals surface area (Å²) in [6, 6.07) is 18.3. The Bertz CT molecular complexity index is 857. The van der Waals surface area contributed by atoms with Crippen molar-refractivity contribution in [2.45, 2.75) is 18.9 Å². The second kappa shape index (κ2) is 8.85. The average molecular weight is 362 g/mol. The van der Waals surface area contributed by atoms with Crippen molar-refractivity contribution in [3.8, 4) is 0 Å². The van der Waals surface area contributed by atoms with Gasteiger partial charge in [0.15, 0.2) is 5.78 Å². The SMILES string of the molecule is O=C(CCC(=O)c1ccc(F)cc1)NC(c1ccccc1)c1ccncc1. The zero-order valence-electron chi connectivity index (χ0n) is 14.6. The van der Waals surface area contributed by atoms with E-state index in [9.17, 15) is 14.0 Å². The van der Waals surface area contributed by atoms with Crippen molar-refractivity contribution in [1.82, 2.24) is 10.3 Å². The lowest BCUT2D eigenvalue weighted by Gasteiger charge is -2.19. The van der Waals surface area contributed by atoms with E-state index >= 15 is 0 Å². The summed E-state index contributed by atoms with van der Waals surface area (Å²) in [5.41, 5.74) is 2.26. The minimum absolute atomic E-state index is 0.0601. The number of nitrogens with zero attached hydrogens (tertiary/aromatic N) is 1. The van der Waals surface area contributed by atoms with Crippen LogP contribution in [0.25, 0.3) is 0 Å². The number of aromatic nitrogens is 1.